The van der Waals surface area contributed by atoms with Gasteiger partial charge < -0.3 is 9.64 Å². The van der Waals surface area contributed by atoms with Crippen LogP contribution in [-0.4, -0.2) is 42.1 Å². The standard InChI is InChI=1S/C19H17FN2O2S2/c20-14-3-1-13(2-4-14)19-21-16(12-25-19)17-6-5-15(26-17)11-18(23)22-7-9-24-10-8-22/h1-6,12H,7-11H2. The maximum Gasteiger partial charge on any atom is 0.227 e. The van der Waals surface area contributed by atoms with Crippen molar-refractivity contribution in [3.8, 4) is 21.1 Å². The molecule has 3 heterocycles. The van der Waals surface area contributed by atoms with Gasteiger partial charge in [0.2, 0.25) is 5.91 Å². The van der Waals surface area contributed by atoms with E-state index in [0.29, 0.717) is 32.7 Å². The maximum atomic E-state index is 13.1. The van der Waals surface area contributed by atoms with E-state index in [1.54, 1.807) is 23.5 Å². The van der Waals surface area contributed by atoms with E-state index in [0.717, 1.165) is 26.0 Å². The number of morpholine rings is 1. The number of nitrogens with zero attached hydrogens (tertiary/aromatic N) is 2. The van der Waals surface area contributed by atoms with E-state index >= 15 is 0 Å². The first-order valence-corrected chi connectivity index (χ1v) is 10.0. The van der Waals surface area contributed by atoms with Crippen molar-refractivity contribution in [2.45, 2.75) is 6.42 Å². The SMILES string of the molecule is O=C(Cc1ccc(-c2csc(-c3ccc(F)cc3)n2)s1)N1CCOCC1. The highest BCUT2D eigenvalue weighted by molar-refractivity contribution is 7.16. The Hall–Kier alpha value is -2.09. The summed E-state index contributed by atoms with van der Waals surface area (Å²) in [5, 5.41) is 2.86. The molecule has 1 aliphatic heterocycles. The number of hydrogen-bond donors (Lipinski definition) is 0. The van der Waals surface area contributed by atoms with E-state index in [2.05, 4.69) is 4.98 Å². The third-order valence-corrected chi connectivity index (χ3v) is 6.20. The molecule has 0 unspecified atom stereocenters. The number of benzene rings is 1. The number of hydrogen-bond acceptors (Lipinski definition) is 5. The van der Waals surface area contributed by atoms with Gasteiger partial charge in [-0.05, 0) is 36.4 Å². The number of rotatable bonds is 4. The molecule has 26 heavy (non-hydrogen) atoms. The monoisotopic (exact) mass is 388 g/mol. The highest BCUT2D eigenvalue weighted by Crippen LogP contribution is 2.33. The molecule has 4 nitrogen and oxygen atoms in total. The van der Waals surface area contributed by atoms with Gasteiger partial charge in [0.1, 0.15) is 10.8 Å². The van der Waals surface area contributed by atoms with Gasteiger partial charge in [0, 0.05) is 28.9 Å². The first-order valence-electron chi connectivity index (χ1n) is 8.35. The summed E-state index contributed by atoms with van der Waals surface area (Å²) in [6.07, 6.45) is 0.416. The molecule has 0 radical (unpaired) electrons. The molecule has 0 saturated carbocycles. The molecule has 4 rings (SSSR count). The summed E-state index contributed by atoms with van der Waals surface area (Å²) < 4.78 is 18.3. The van der Waals surface area contributed by atoms with Crippen LogP contribution >= 0.6 is 22.7 Å². The second-order valence-electron chi connectivity index (χ2n) is 5.98. The van der Waals surface area contributed by atoms with Gasteiger partial charge in [-0.2, -0.15) is 0 Å². The normalized spacial score (nSPS) is 14.6. The molecule has 2 aromatic heterocycles. The highest BCUT2D eigenvalue weighted by atomic mass is 32.1. The largest absolute Gasteiger partial charge is 0.378 e. The van der Waals surface area contributed by atoms with E-state index in [9.17, 15) is 9.18 Å². The molecule has 1 aromatic carbocycles. The van der Waals surface area contributed by atoms with Gasteiger partial charge in [0.15, 0.2) is 0 Å². The lowest BCUT2D eigenvalue weighted by Crippen LogP contribution is -2.41. The summed E-state index contributed by atoms with van der Waals surface area (Å²) in [5.41, 5.74) is 1.80. The third kappa shape index (κ3) is 3.85. The minimum atomic E-state index is -0.252. The van der Waals surface area contributed by atoms with E-state index in [-0.39, 0.29) is 11.7 Å². The number of carbonyl (C=O) groups is 1. The number of aromatic nitrogens is 1. The third-order valence-electron chi connectivity index (χ3n) is 4.20. The molecule has 1 amide bonds. The maximum absolute atomic E-state index is 13.1. The first-order chi connectivity index (χ1) is 12.7. The molecule has 0 aliphatic carbocycles. The zero-order valence-electron chi connectivity index (χ0n) is 14.0. The van der Waals surface area contributed by atoms with E-state index in [1.807, 2.05) is 22.4 Å². The second kappa shape index (κ2) is 7.65. The van der Waals surface area contributed by atoms with Gasteiger partial charge >= 0.3 is 0 Å². The van der Waals surface area contributed by atoms with Crippen molar-refractivity contribution in [1.29, 1.82) is 0 Å². The lowest BCUT2D eigenvalue weighted by Gasteiger charge is -2.26. The average molecular weight is 388 g/mol. The second-order valence-corrected chi connectivity index (χ2v) is 8.01. The predicted octanol–water partition coefficient (Wildman–Crippen LogP) is 4.08. The van der Waals surface area contributed by atoms with E-state index in [1.165, 1.54) is 23.5 Å². The first kappa shape index (κ1) is 17.3. The van der Waals surface area contributed by atoms with Crippen LogP contribution in [0.1, 0.15) is 4.88 Å². The van der Waals surface area contributed by atoms with Crippen molar-refractivity contribution in [3.63, 3.8) is 0 Å². The minimum absolute atomic E-state index is 0.145. The Morgan fingerprint density at radius 1 is 1.15 bits per heavy atom. The number of thiazole rings is 1. The van der Waals surface area contributed by atoms with Crippen molar-refractivity contribution >= 4 is 28.6 Å². The Kier molecular flexibility index (Phi) is 5.10. The Balaban J connectivity index is 1.46. The summed E-state index contributed by atoms with van der Waals surface area (Å²) in [4.78, 5) is 21.0. The van der Waals surface area contributed by atoms with Crippen LogP contribution in [0.25, 0.3) is 21.1 Å². The fourth-order valence-corrected chi connectivity index (χ4v) is 4.66. The molecular weight excluding hydrogens is 371 g/mol. The van der Waals surface area contributed by atoms with Gasteiger partial charge in [0.05, 0.1) is 30.2 Å². The van der Waals surface area contributed by atoms with Crippen LogP contribution in [0.2, 0.25) is 0 Å². The number of ether oxygens (including phenoxy) is 1. The summed E-state index contributed by atoms with van der Waals surface area (Å²) in [7, 11) is 0. The van der Waals surface area contributed by atoms with Crippen molar-refractivity contribution in [3.05, 3.63) is 52.5 Å². The quantitative estimate of drug-likeness (QED) is 0.676. The molecule has 0 bridgehead atoms. The Bertz CT molecular complexity index is 898. The molecule has 0 N–H and O–H groups in total. The van der Waals surface area contributed by atoms with Crippen molar-refractivity contribution in [2.75, 3.05) is 26.3 Å². The number of thiophene rings is 1. The zero-order valence-corrected chi connectivity index (χ0v) is 15.6. The van der Waals surface area contributed by atoms with Crippen LogP contribution in [0, 0.1) is 5.82 Å². The fourth-order valence-electron chi connectivity index (χ4n) is 2.80. The molecular formula is C19H17FN2O2S2. The fraction of sp³-hybridized carbons (Fsp3) is 0.263. The van der Waals surface area contributed by atoms with Gasteiger partial charge in [-0.25, -0.2) is 9.37 Å². The van der Waals surface area contributed by atoms with Crippen LogP contribution in [0.15, 0.2) is 41.8 Å². The average Bonchev–Trinajstić information content (AvgIpc) is 3.32. The predicted molar refractivity (Wildman–Crippen MR) is 102 cm³/mol. The molecule has 0 atom stereocenters. The van der Waals surface area contributed by atoms with Gasteiger partial charge in [-0.1, -0.05) is 0 Å². The lowest BCUT2D eigenvalue weighted by atomic mass is 10.2. The van der Waals surface area contributed by atoms with Crippen LogP contribution in [0.3, 0.4) is 0 Å². The Morgan fingerprint density at radius 3 is 2.69 bits per heavy atom. The minimum Gasteiger partial charge on any atom is -0.378 e. The zero-order chi connectivity index (χ0) is 17.9. The smallest absolute Gasteiger partial charge is 0.227 e. The summed E-state index contributed by atoms with van der Waals surface area (Å²) in [6.45, 7) is 2.58. The van der Waals surface area contributed by atoms with Gasteiger partial charge in [-0.3, -0.25) is 4.79 Å². The van der Waals surface area contributed by atoms with Crippen LogP contribution in [0.4, 0.5) is 4.39 Å². The van der Waals surface area contributed by atoms with E-state index < -0.39 is 0 Å². The number of carbonyl (C=O) groups excluding carboxylic acids is 1. The van der Waals surface area contributed by atoms with Gasteiger partial charge in [0.25, 0.3) is 0 Å². The molecule has 1 fully saturated rings. The van der Waals surface area contributed by atoms with Crippen molar-refractivity contribution < 1.29 is 13.9 Å². The molecule has 1 aliphatic rings. The van der Waals surface area contributed by atoms with Crippen molar-refractivity contribution in [2.24, 2.45) is 0 Å². The number of halogens is 1. The van der Waals surface area contributed by atoms with Crippen LogP contribution < -0.4 is 0 Å². The lowest BCUT2D eigenvalue weighted by molar-refractivity contribution is -0.134. The molecule has 1 saturated heterocycles. The topological polar surface area (TPSA) is 42.4 Å². The summed E-state index contributed by atoms with van der Waals surface area (Å²) >= 11 is 3.13. The highest BCUT2D eigenvalue weighted by Gasteiger charge is 2.18. The van der Waals surface area contributed by atoms with Gasteiger partial charge in [-0.15, -0.1) is 22.7 Å². The molecule has 134 valence electrons. The van der Waals surface area contributed by atoms with Crippen LogP contribution in [0.5, 0.6) is 0 Å². The summed E-state index contributed by atoms with van der Waals surface area (Å²) in [6, 6.07) is 10.4. The van der Waals surface area contributed by atoms with Crippen LogP contribution in [-0.2, 0) is 16.0 Å². The Morgan fingerprint density at radius 2 is 1.92 bits per heavy atom. The molecule has 0 spiro atoms. The molecule has 7 heteroatoms. The summed E-state index contributed by atoms with van der Waals surface area (Å²) in [5.74, 6) is -0.106. The van der Waals surface area contributed by atoms with Crippen molar-refractivity contribution in [1.82, 2.24) is 9.88 Å². The molecule has 3 aromatic rings. The Labute approximate surface area is 158 Å². The van der Waals surface area contributed by atoms with E-state index in [4.69, 9.17) is 4.74 Å². The number of amides is 1.